The zero-order chi connectivity index (χ0) is 15.8. The molecule has 1 fully saturated rings. The first kappa shape index (κ1) is 15.5. The lowest BCUT2D eigenvalue weighted by molar-refractivity contribution is -0.143. The van der Waals surface area contributed by atoms with Crippen molar-refractivity contribution in [3.63, 3.8) is 0 Å². The van der Waals surface area contributed by atoms with Crippen LogP contribution < -0.4 is 0 Å². The van der Waals surface area contributed by atoms with Crippen LogP contribution in [0.3, 0.4) is 0 Å². The fourth-order valence-electron chi connectivity index (χ4n) is 2.83. The molecule has 1 aromatic rings. The zero-order valence-electron chi connectivity index (χ0n) is 13.1. The van der Waals surface area contributed by atoms with Gasteiger partial charge in [-0.3, -0.25) is 14.3 Å². The van der Waals surface area contributed by atoms with Gasteiger partial charge in [-0.05, 0) is 40.5 Å². The highest BCUT2D eigenvalue weighted by atomic mass is 16.4. The minimum atomic E-state index is -0.824. The predicted octanol–water partition coefficient (Wildman–Crippen LogP) is 1.88. The molecule has 0 aromatic carbocycles. The highest BCUT2D eigenvalue weighted by Crippen LogP contribution is 2.22. The average Bonchev–Trinajstić information content (AvgIpc) is 2.79. The lowest BCUT2D eigenvalue weighted by atomic mass is 9.97. The van der Waals surface area contributed by atoms with Gasteiger partial charge in [-0.25, -0.2) is 0 Å². The molecule has 0 unspecified atom stereocenters. The third-order valence-corrected chi connectivity index (χ3v) is 3.93. The number of hydrogen-bond donors (Lipinski definition) is 1. The molecule has 6 heteroatoms. The summed E-state index contributed by atoms with van der Waals surface area (Å²) in [7, 11) is 0. The Morgan fingerprint density at radius 3 is 2.57 bits per heavy atom. The molecular weight excluding hydrogens is 270 g/mol. The van der Waals surface area contributed by atoms with Gasteiger partial charge in [0.05, 0.1) is 23.2 Å². The number of carbonyl (C=O) groups is 2. The predicted molar refractivity (Wildman–Crippen MR) is 78.2 cm³/mol. The third kappa shape index (κ3) is 3.09. The highest BCUT2D eigenvalue weighted by molar-refractivity contribution is 5.95. The van der Waals surface area contributed by atoms with Gasteiger partial charge in [0.25, 0.3) is 5.91 Å². The Bertz CT molecular complexity index is 557. The second-order valence-electron chi connectivity index (χ2n) is 6.65. The van der Waals surface area contributed by atoms with E-state index in [1.807, 2.05) is 32.4 Å². The lowest BCUT2D eigenvalue weighted by Crippen LogP contribution is -2.42. The van der Waals surface area contributed by atoms with E-state index in [0.717, 1.165) is 12.1 Å². The first-order valence-electron chi connectivity index (χ1n) is 7.29. The SMILES string of the molecule is Cc1c(C(=O)N2CCC[C@H](C(=O)O)C2)cnn1C(C)(C)C. The molecule has 2 heterocycles. The maximum absolute atomic E-state index is 12.6. The summed E-state index contributed by atoms with van der Waals surface area (Å²) in [5.74, 6) is -1.40. The van der Waals surface area contributed by atoms with Crippen LogP contribution >= 0.6 is 0 Å². The van der Waals surface area contributed by atoms with Gasteiger partial charge in [0, 0.05) is 18.8 Å². The summed E-state index contributed by atoms with van der Waals surface area (Å²) in [6, 6.07) is 0. The van der Waals surface area contributed by atoms with E-state index in [0.29, 0.717) is 18.5 Å². The van der Waals surface area contributed by atoms with Gasteiger partial charge in [-0.2, -0.15) is 5.10 Å². The Labute approximate surface area is 124 Å². The molecule has 1 saturated heterocycles. The number of carboxylic acids is 1. The average molecular weight is 293 g/mol. The molecule has 0 radical (unpaired) electrons. The van der Waals surface area contributed by atoms with Crippen molar-refractivity contribution in [2.24, 2.45) is 5.92 Å². The van der Waals surface area contributed by atoms with Crippen LogP contribution in [0.1, 0.15) is 49.7 Å². The quantitative estimate of drug-likeness (QED) is 0.903. The van der Waals surface area contributed by atoms with E-state index < -0.39 is 11.9 Å². The van der Waals surface area contributed by atoms with E-state index in [-0.39, 0.29) is 18.0 Å². The molecule has 2 rings (SSSR count). The van der Waals surface area contributed by atoms with Gasteiger partial charge in [-0.1, -0.05) is 0 Å². The number of carboxylic acid groups (broad SMARTS) is 1. The summed E-state index contributed by atoms with van der Waals surface area (Å²) >= 11 is 0. The number of nitrogens with zero attached hydrogens (tertiary/aromatic N) is 3. The fraction of sp³-hybridized carbons (Fsp3) is 0.667. The normalized spacial score (nSPS) is 19.6. The molecule has 21 heavy (non-hydrogen) atoms. The van der Waals surface area contributed by atoms with Crippen LogP contribution in [0, 0.1) is 12.8 Å². The van der Waals surface area contributed by atoms with E-state index in [1.54, 1.807) is 11.1 Å². The van der Waals surface area contributed by atoms with E-state index in [2.05, 4.69) is 5.10 Å². The Kier molecular flexibility index (Phi) is 4.07. The second kappa shape index (κ2) is 5.50. The van der Waals surface area contributed by atoms with Gasteiger partial charge >= 0.3 is 5.97 Å². The minimum absolute atomic E-state index is 0.117. The number of aromatic nitrogens is 2. The molecule has 0 bridgehead atoms. The molecule has 0 aliphatic carbocycles. The molecule has 1 atom stereocenters. The summed E-state index contributed by atoms with van der Waals surface area (Å²) in [6.07, 6.45) is 2.96. The number of carbonyl (C=O) groups excluding carboxylic acids is 1. The Balaban J connectivity index is 2.21. The van der Waals surface area contributed by atoms with Gasteiger partial charge in [0.15, 0.2) is 0 Å². The monoisotopic (exact) mass is 293 g/mol. The van der Waals surface area contributed by atoms with Crippen LogP contribution in [0.15, 0.2) is 6.20 Å². The van der Waals surface area contributed by atoms with Gasteiger partial charge < -0.3 is 10.0 Å². The first-order valence-corrected chi connectivity index (χ1v) is 7.29. The van der Waals surface area contributed by atoms with Crippen molar-refractivity contribution in [2.75, 3.05) is 13.1 Å². The topological polar surface area (TPSA) is 75.4 Å². The van der Waals surface area contributed by atoms with E-state index in [4.69, 9.17) is 5.11 Å². The largest absolute Gasteiger partial charge is 0.481 e. The molecule has 116 valence electrons. The Hall–Kier alpha value is -1.85. The first-order chi connectivity index (χ1) is 9.71. The molecule has 1 N–H and O–H groups in total. The lowest BCUT2D eigenvalue weighted by Gasteiger charge is -2.30. The highest BCUT2D eigenvalue weighted by Gasteiger charge is 2.30. The molecule has 1 aliphatic heterocycles. The smallest absolute Gasteiger partial charge is 0.308 e. The third-order valence-electron chi connectivity index (χ3n) is 3.93. The summed E-state index contributed by atoms with van der Waals surface area (Å²) in [4.78, 5) is 25.4. The number of hydrogen-bond acceptors (Lipinski definition) is 3. The standard InChI is InChI=1S/C15H23N3O3/c1-10-12(8-16-18(10)15(2,3)4)13(19)17-7-5-6-11(9-17)14(20)21/h8,11H,5-7,9H2,1-4H3,(H,20,21)/t11-/m0/s1. The zero-order valence-corrected chi connectivity index (χ0v) is 13.1. The van der Waals surface area contributed by atoms with Crippen LogP contribution in [0.5, 0.6) is 0 Å². The minimum Gasteiger partial charge on any atom is -0.481 e. The van der Waals surface area contributed by atoms with E-state index in [1.165, 1.54) is 0 Å². The van der Waals surface area contributed by atoms with Crippen LogP contribution in [-0.2, 0) is 10.3 Å². The summed E-state index contributed by atoms with van der Waals surface area (Å²) in [6.45, 7) is 8.87. The summed E-state index contributed by atoms with van der Waals surface area (Å²) in [5, 5.41) is 13.4. The van der Waals surface area contributed by atoms with Crippen LogP contribution in [-0.4, -0.2) is 44.8 Å². The van der Waals surface area contributed by atoms with E-state index >= 15 is 0 Å². The van der Waals surface area contributed by atoms with Crippen LogP contribution in [0.2, 0.25) is 0 Å². The maximum Gasteiger partial charge on any atom is 0.308 e. The van der Waals surface area contributed by atoms with Crippen molar-refractivity contribution in [2.45, 2.75) is 46.1 Å². The molecular formula is C15H23N3O3. The van der Waals surface area contributed by atoms with Crippen LogP contribution in [0.4, 0.5) is 0 Å². The molecule has 1 aliphatic rings. The summed E-state index contributed by atoms with van der Waals surface area (Å²) < 4.78 is 1.83. The van der Waals surface area contributed by atoms with Crippen molar-refractivity contribution < 1.29 is 14.7 Å². The maximum atomic E-state index is 12.6. The Morgan fingerprint density at radius 2 is 2.05 bits per heavy atom. The van der Waals surface area contributed by atoms with Crippen molar-refractivity contribution >= 4 is 11.9 Å². The molecule has 6 nitrogen and oxygen atoms in total. The van der Waals surface area contributed by atoms with Gasteiger partial charge in [0.1, 0.15) is 0 Å². The molecule has 0 saturated carbocycles. The van der Waals surface area contributed by atoms with E-state index in [9.17, 15) is 9.59 Å². The summed E-state index contributed by atoms with van der Waals surface area (Å²) in [5.41, 5.74) is 1.20. The number of likely N-dealkylation sites (tertiary alicyclic amines) is 1. The fourth-order valence-corrected chi connectivity index (χ4v) is 2.83. The number of piperidine rings is 1. The van der Waals surface area contributed by atoms with Gasteiger partial charge in [0.2, 0.25) is 0 Å². The van der Waals surface area contributed by atoms with Crippen LogP contribution in [0.25, 0.3) is 0 Å². The molecule has 1 aromatic heterocycles. The number of aliphatic carboxylic acids is 1. The second-order valence-corrected chi connectivity index (χ2v) is 6.65. The number of rotatable bonds is 2. The van der Waals surface area contributed by atoms with Gasteiger partial charge in [-0.15, -0.1) is 0 Å². The van der Waals surface area contributed by atoms with Crippen molar-refractivity contribution in [3.8, 4) is 0 Å². The number of amides is 1. The molecule has 1 amide bonds. The Morgan fingerprint density at radius 1 is 1.38 bits per heavy atom. The molecule has 0 spiro atoms. The van der Waals surface area contributed by atoms with Crippen molar-refractivity contribution in [1.29, 1.82) is 0 Å². The van der Waals surface area contributed by atoms with Crippen molar-refractivity contribution in [3.05, 3.63) is 17.5 Å². The van der Waals surface area contributed by atoms with Crippen molar-refractivity contribution in [1.82, 2.24) is 14.7 Å².